The van der Waals surface area contributed by atoms with Crippen LogP contribution in [0.5, 0.6) is 5.75 Å². The first-order valence-corrected chi connectivity index (χ1v) is 6.74. The lowest BCUT2D eigenvalue weighted by Gasteiger charge is -2.30. The zero-order valence-corrected chi connectivity index (χ0v) is 11.1. The van der Waals surface area contributed by atoms with Gasteiger partial charge in [-0.1, -0.05) is 24.3 Å². The van der Waals surface area contributed by atoms with Gasteiger partial charge in [0.1, 0.15) is 5.75 Å². The summed E-state index contributed by atoms with van der Waals surface area (Å²) in [6, 6.07) is 8.07. The molecule has 3 nitrogen and oxygen atoms in total. The molecule has 0 N–H and O–H groups in total. The normalized spacial score (nSPS) is 29.5. The van der Waals surface area contributed by atoms with Gasteiger partial charge in [0.25, 0.3) is 0 Å². The SMILES string of the molecule is COc1ccc([C@H]2C=C[C@]3(CCCOC3=O)C2)cc1. The second-order valence-electron chi connectivity index (χ2n) is 5.34. The summed E-state index contributed by atoms with van der Waals surface area (Å²) in [7, 11) is 1.66. The Morgan fingerprint density at radius 1 is 1.32 bits per heavy atom. The molecule has 3 heteroatoms. The number of carbonyl (C=O) groups is 1. The molecule has 1 aromatic carbocycles. The third-order valence-electron chi connectivity index (χ3n) is 4.18. The maximum atomic E-state index is 12.0. The summed E-state index contributed by atoms with van der Waals surface area (Å²) in [5, 5.41) is 0. The summed E-state index contributed by atoms with van der Waals surface area (Å²) < 4.78 is 10.4. The van der Waals surface area contributed by atoms with Gasteiger partial charge in [0.2, 0.25) is 0 Å². The fourth-order valence-corrected chi connectivity index (χ4v) is 3.04. The monoisotopic (exact) mass is 258 g/mol. The highest BCUT2D eigenvalue weighted by molar-refractivity contribution is 5.80. The van der Waals surface area contributed by atoms with Gasteiger partial charge in [0.05, 0.1) is 19.1 Å². The van der Waals surface area contributed by atoms with Crippen LogP contribution in [0.2, 0.25) is 0 Å². The van der Waals surface area contributed by atoms with Crippen LogP contribution in [0, 0.1) is 5.41 Å². The summed E-state index contributed by atoms with van der Waals surface area (Å²) in [6.07, 6.45) is 6.91. The van der Waals surface area contributed by atoms with E-state index >= 15 is 0 Å². The van der Waals surface area contributed by atoms with Gasteiger partial charge in [-0.25, -0.2) is 0 Å². The molecule has 0 radical (unpaired) electrons. The standard InChI is InChI=1S/C16H18O3/c1-18-14-5-3-12(4-6-14)13-7-9-16(11-13)8-2-10-19-15(16)17/h3-7,9,13H,2,8,10-11H2,1H3/t13-,16+/m0/s1. The lowest BCUT2D eigenvalue weighted by Crippen LogP contribution is -2.34. The van der Waals surface area contributed by atoms with Gasteiger partial charge in [-0.05, 0) is 37.0 Å². The van der Waals surface area contributed by atoms with E-state index in [1.54, 1.807) is 7.11 Å². The predicted octanol–water partition coefficient (Wildman–Crippen LogP) is 3.06. The average molecular weight is 258 g/mol. The third kappa shape index (κ3) is 2.14. The number of carbonyl (C=O) groups excluding carboxylic acids is 1. The van der Waals surface area contributed by atoms with Crippen LogP contribution in [0.1, 0.15) is 30.7 Å². The van der Waals surface area contributed by atoms with Crippen LogP contribution in [0.3, 0.4) is 0 Å². The number of ether oxygens (including phenoxy) is 2. The van der Waals surface area contributed by atoms with Gasteiger partial charge in [-0.3, -0.25) is 4.79 Å². The van der Waals surface area contributed by atoms with E-state index < -0.39 is 0 Å². The topological polar surface area (TPSA) is 35.5 Å². The van der Waals surface area contributed by atoms with Crippen molar-refractivity contribution in [1.82, 2.24) is 0 Å². The molecule has 100 valence electrons. The van der Waals surface area contributed by atoms with Gasteiger partial charge >= 0.3 is 5.97 Å². The van der Waals surface area contributed by atoms with Gasteiger partial charge in [-0.2, -0.15) is 0 Å². The lowest BCUT2D eigenvalue weighted by molar-refractivity contribution is -0.158. The molecule has 1 aliphatic heterocycles. The predicted molar refractivity (Wildman–Crippen MR) is 72.1 cm³/mol. The van der Waals surface area contributed by atoms with Crippen molar-refractivity contribution in [2.45, 2.75) is 25.2 Å². The van der Waals surface area contributed by atoms with E-state index in [0.717, 1.165) is 25.0 Å². The smallest absolute Gasteiger partial charge is 0.315 e. The Morgan fingerprint density at radius 2 is 2.11 bits per heavy atom. The van der Waals surface area contributed by atoms with Gasteiger partial charge in [0.15, 0.2) is 0 Å². The molecular weight excluding hydrogens is 240 g/mol. The summed E-state index contributed by atoms with van der Waals surface area (Å²) in [5.74, 6) is 1.11. The fourth-order valence-electron chi connectivity index (χ4n) is 3.04. The Hall–Kier alpha value is -1.77. The zero-order valence-electron chi connectivity index (χ0n) is 11.1. The van der Waals surface area contributed by atoms with Crippen LogP contribution in [-0.2, 0) is 9.53 Å². The summed E-state index contributed by atoms with van der Waals surface area (Å²) in [5.41, 5.74) is 0.857. The minimum absolute atomic E-state index is 0.0500. The van der Waals surface area contributed by atoms with Crippen LogP contribution in [0.25, 0.3) is 0 Å². The summed E-state index contributed by atoms with van der Waals surface area (Å²) in [4.78, 5) is 12.0. The first-order valence-electron chi connectivity index (χ1n) is 6.74. The molecule has 1 fully saturated rings. The largest absolute Gasteiger partial charge is 0.497 e. The second-order valence-corrected chi connectivity index (χ2v) is 5.34. The number of benzene rings is 1. The number of allylic oxidation sites excluding steroid dienone is 1. The van der Waals surface area contributed by atoms with E-state index in [4.69, 9.17) is 9.47 Å². The average Bonchev–Trinajstić information content (AvgIpc) is 2.88. The van der Waals surface area contributed by atoms with E-state index in [9.17, 15) is 4.79 Å². The Balaban J connectivity index is 1.78. The first kappa shape index (κ1) is 12.3. The quantitative estimate of drug-likeness (QED) is 0.604. The Kier molecular flexibility index (Phi) is 3.05. The lowest BCUT2D eigenvalue weighted by atomic mass is 9.78. The van der Waals surface area contributed by atoms with Crippen molar-refractivity contribution in [2.24, 2.45) is 5.41 Å². The van der Waals surface area contributed by atoms with Gasteiger partial charge in [0, 0.05) is 5.92 Å². The van der Waals surface area contributed by atoms with Gasteiger partial charge < -0.3 is 9.47 Å². The Labute approximate surface area is 113 Å². The molecule has 2 aliphatic rings. The molecule has 1 aliphatic carbocycles. The number of hydrogen-bond acceptors (Lipinski definition) is 3. The zero-order chi connectivity index (χ0) is 13.3. The van der Waals surface area contributed by atoms with Crippen LogP contribution >= 0.6 is 0 Å². The molecule has 0 amide bonds. The Morgan fingerprint density at radius 3 is 2.79 bits per heavy atom. The van der Waals surface area contributed by atoms with Gasteiger partial charge in [-0.15, -0.1) is 0 Å². The molecule has 0 unspecified atom stereocenters. The number of rotatable bonds is 2. The van der Waals surface area contributed by atoms with Crippen LogP contribution < -0.4 is 4.74 Å². The highest BCUT2D eigenvalue weighted by Crippen LogP contribution is 2.46. The minimum atomic E-state index is -0.372. The Bertz CT molecular complexity index is 503. The van der Waals surface area contributed by atoms with Crippen LogP contribution in [-0.4, -0.2) is 19.7 Å². The van der Waals surface area contributed by atoms with E-state index in [1.165, 1.54) is 5.56 Å². The summed E-state index contributed by atoms with van der Waals surface area (Å²) >= 11 is 0. The maximum Gasteiger partial charge on any atom is 0.315 e. The molecule has 2 atom stereocenters. The van der Waals surface area contributed by atoms with Crippen molar-refractivity contribution in [1.29, 1.82) is 0 Å². The highest BCUT2D eigenvalue weighted by Gasteiger charge is 2.44. The minimum Gasteiger partial charge on any atom is -0.497 e. The molecule has 3 rings (SSSR count). The molecular formula is C16H18O3. The third-order valence-corrected chi connectivity index (χ3v) is 4.18. The summed E-state index contributed by atoms with van der Waals surface area (Å²) in [6.45, 7) is 0.571. The van der Waals surface area contributed by atoms with Crippen molar-refractivity contribution >= 4 is 5.97 Å². The molecule has 19 heavy (non-hydrogen) atoms. The molecule has 1 heterocycles. The first-order chi connectivity index (χ1) is 9.23. The number of esters is 1. The number of cyclic esters (lactones) is 1. The highest BCUT2D eigenvalue weighted by atomic mass is 16.5. The van der Waals surface area contributed by atoms with E-state index in [-0.39, 0.29) is 11.4 Å². The number of hydrogen-bond donors (Lipinski definition) is 0. The van der Waals surface area contributed by atoms with Crippen molar-refractivity contribution in [2.75, 3.05) is 13.7 Å². The molecule has 0 aromatic heterocycles. The van der Waals surface area contributed by atoms with Crippen molar-refractivity contribution in [3.8, 4) is 5.75 Å². The molecule has 0 saturated carbocycles. The molecule has 1 saturated heterocycles. The van der Waals surface area contributed by atoms with E-state index in [0.29, 0.717) is 12.5 Å². The van der Waals surface area contributed by atoms with Crippen molar-refractivity contribution in [3.05, 3.63) is 42.0 Å². The number of methoxy groups -OCH3 is 1. The fraction of sp³-hybridized carbons (Fsp3) is 0.438. The molecule has 1 aromatic rings. The van der Waals surface area contributed by atoms with Crippen molar-refractivity contribution in [3.63, 3.8) is 0 Å². The molecule has 0 bridgehead atoms. The van der Waals surface area contributed by atoms with Crippen LogP contribution in [0.4, 0.5) is 0 Å². The van der Waals surface area contributed by atoms with Crippen LogP contribution in [0.15, 0.2) is 36.4 Å². The van der Waals surface area contributed by atoms with E-state index in [1.807, 2.05) is 12.1 Å². The van der Waals surface area contributed by atoms with E-state index in [2.05, 4.69) is 24.3 Å². The molecule has 1 spiro atoms. The maximum absolute atomic E-state index is 12.0. The van der Waals surface area contributed by atoms with Crippen molar-refractivity contribution < 1.29 is 14.3 Å². The second kappa shape index (κ2) is 4.72.